The maximum absolute atomic E-state index is 9.97. The van der Waals surface area contributed by atoms with Crippen LogP contribution in [-0.2, 0) is 0 Å². The van der Waals surface area contributed by atoms with Gasteiger partial charge in [0.25, 0.3) is 0 Å². The Hall–Kier alpha value is -2.98. The molecule has 2 aliphatic heterocycles. The van der Waals surface area contributed by atoms with Crippen LogP contribution in [0.2, 0.25) is 0 Å². The molecule has 0 amide bonds. The van der Waals surface area contributed by atoms with Crippen molar-refractivity contribution in [3.8, 4) is 17.2 Å². The molecule has 0 radical (unpaired) electrons. The number of rotatable bonds is 11. The lowest BCUT2D eigenvalue weighted by atomic mass is 9.76. The lowest BCUT2D eigenvalue weighted by molar-refractivity contribution is 0.247. The standard InChI is InChI=1S/C32H39NO3/c34-27-15-18-29-31(23-27)36-24-30(25-11-5-4-6-12-25)32(29)26-13-16-28(17-14-26)35-22-10-3-1-2-7-19-33-20-8-9-21-33/h4-6,11-18,23,30,32,34H,1-3,7-10,19-22,24H2/t30-,32-/m0/s1. The van der Waals surface area contributed by atoms with Crippen LogP contribution < -0.4 is 9.47 Å². The SMILES string of the molecule is Oc1ccc2c(c1)OC[C@@H](c1ccccc1)[C@H]2c1ccc(OCCCCCCCN2CCCC2)cc1. The molecule has 0 spiro atoms. The highest BCUT2D eigenvalue weighted by atomic mass is 16.5. The van der Waals surface area contributed by atoms with E-state index in [1.165, 1.54) is 69.3 Å². The van der Waals surface area contributed by atoms with Crippen LogP contribution >= 0.6 is 0 Å². The topological polar surface area (TPSA) is 41.9 Å². The van der Waals surface area contributed by atoms with E-state index in [4.69, 9.17) is 9.47 Å². The van der Waals surface area contributed by atoms with E-state index in [-0.39, 0.29) is 17.6 Å². The summed E-state index contributed by atoms with van der Waals surface area (Å²) in [4.78, 5) is 2.61. The molecule has 0 unspecified atom stereocenters. The van der Waals surface area contributed by atoms with Crippen molar-refractivity contribution in [1.29, 1.82) is 0 Å². The number of unbranched alkanes of at least 4 members (excludes halogenated alkanes) is 4. The van der Waals surface area contributed by atoms with Gasteiger partial charge in [0.15, 0.2) is 0 Å². The molecule has 4 nitrogen and oxygen atoms in total. The van der Waals surface area contributed by atoms with Gasteiger partial charge in [-0.15, -0.1) is 0 Å². The first-order valence-corrected chi connectivity index (χ1v) is 13.7. The number of benzene rings is 3. The Kier molecular flexibility index (Phi) is 8.45. The summed E-state index contributed by atoms with van der Waals surface area (Å²) in [5.74, 6) is 2.31. The molecule has 0 aliphatic carbocycles. The second-order valence-electron chi connectivity index (χ2n) is 10.3. The summed E-state index contributed by atoms with van der Waals surface area (Å²) < 4.78 is 12.2. The fourth-order valence-corrected chi connectivity index (χ4v) is 5.73. The summed E-state index contributed by atoms with van der Waals surface area (Å²) in [7, 11) is 0. The van der Waals surface area contributed by atoms with Crippen molar-refractivity contribution in [1.82, 2.24) is 4.90 Å². The molecule has 1 N–H and O–H groups in total. The minimum Gasteiger partial charge on any atom is -0.508 e. The van der Waals surface area contributed by atoms with Gasteiger partial charge in [0.1, 0.15) is 17.2 Å². The van der Waals surface area contributed by atoms with Crippen LogP contribution in [0.3, 0.4) is 0 Å². The molecule has 2 heterocycles. The third kappa shape index (κ3) is 6.22. The minimum absolute atomic E-state index is 0.159. The van der Waals surface area contributed by atoms with Gasteiger partial charge in [-0.25, -0.2) is 0 Å². The molecule has 0 aromatic heterocycles. The number of likely N-dealkylation sites (tertiary alicyclic amines) is 1. The maximum atomic E-state index is 9.97. The largest absolute Gasteiger partial charge is 0.508 e. The average molecular weight is 486 g/mol. The van der Waals surface area contributed by atoms with Crippen LogP contribution in [0.15, 0.2) is 72.8 Å². The van der Waals surface area contributed by atoms with Crippen LogP contribution in [-0.4, -0.2) is 42.9 Å². The quantitative estimate of drug-likeness (QED) is 0.294. The van der Waals surface area contributed by atoms with Crippen molar-refractivity contribution in [3.63, 3.8) is 0 Å². The smallest absolute Gasteiger partial charge is 0.126 e. The molecule has 3 aromatic carbocycles. The second kappa shape index (κ2) is 12.3. The van der Waals surface area contributed by atoms with Gasteiger partial charge in [-0.2, -0.15) is 0 Å². The molecule has 4 heteroatoms. The van der Waals surface area contributed by atoms with Crippen molar-refractivity contribution in [2.45, 2.75) is 56.8 Å². The van der Waals surface area contributed by atoms with Gasteiger partial charge in [-0.05, 0) is 74.6 Å². The van der Waals surface area contributed by atoms with Crippen molar-refractivity contribution >= 4 is 0 Å². The van der Waals surface area contributed by atoms with E-state index in [0.717, 1.165) is 30.1 Å². The molecule has 5 rings (SSSR count). The second-order valence-corrected chi connectivity index (χ2v) is 10.3. The van der Waals surface area contributed by atoms with E-state index in [1.807, 2.05) is 6.07 Å². The van der Waals surface area contributed by atoms with Gasteiger partial charge in [0.05, 0.1) is 13.2 Å². The van der Waals surface area contributed by atoms with Crippen molar-refractivity contribution < 1.29 is 14.6 Å². The van der Waals surface area contributed by atoms with Gasteiger partial charge in [-0.3, -0.25) is 0 Å². The number of phenols is 1. The van der Waals surface area contributed by atoms with Gasteiger partial charge < -0.3 is 19.5 Å². The summed E-state index contributed by atoms with van der Waals surface area (Å²) in [5, 5.41) is 9.97. The first kappa shape index (κ1) is 24.7. The van der Waals surface area contributed by atoms with E-state index in [0.29, 0.717) is 6.61 Å². The number of phenolic OH excluding ortho intramolecular Hbond substituents is 1. The molecule has 1 fully saturated rings. The normalized spacial score (nSPS) is 19.6. The maximum Gasteiger partial charge on any atom is 0.126 e. The van der Waals surface area contributed by atoms with Crippen LogP contribution in [0.1, 0.15) is 73.5 Å². The highest BCUT2D eigenvalue weighted by molar-refractivity contribution is 5.50. The number of nitrogens with zero attached hydrogens (tertiary/aromatic N) is 1. The third-order valence-electron chi connectivity index (χ3n) is 7.71. The molecule has 36 heavy (non-hydrogen) atoms. The Morgan fingerprint density at radius 1 is 0.806 bits per heavy atom. The summed E-state index contributed by atoms with van der Waals surface area (Å²) in [6, 6.07) is 24.6. The zero-order valence-electron chi connectivity index (χ0n) is 21.3. The fourth-order valence-electron chi connectivity index (χ4n) is 5.73. The van der Waals surface area contributed by atoms with E-state index in [2.05, 4.69) is 59.5 Å². The number of fused-ring (bicyclic) bond motifs is 1. The first-order chi connectivity index (χ1) is 17.8. The third-order valence-corrected chi connectivity index (χ3v) is 7.71. The molecule has 2 aliphatic rings. The van der Waals surface area contributed by atoms with E-state index < -0.39 is 0 Å². The van der Waals surface area contributed by atoms with E-state index in [1.54, 1.807) is 12.1 Å². The Morgan fingerprint density at radius 2 is 1.56 bits per heavy atom. The van der Waals surface area contributed by atoms with Gasteiger partial charge in [0.2, 0.25) is 0 Å². The number of hydrogen-bond acceptors (Lipinski definition) is 4. The van der Waals surface area contributed by atoms with Crippen molar-refractivity contribution in [2.24, 2.45) is 0 Å². The van der Waals surface area contributed by atoms with Gasteiger partial charge in [-0.1, -0.05) is 67.8 Å². The zero-order valence-corrected chi connectivity index (χ0v) is 21.3. The summed E-state index contributed by atoms with van der Waals surface area (Å²) >= 11 is 0. The molecule has 3 aromatic rings. The van der Waals surface area contributed by atoms with E-state index >= 15 is 0 Å². The molecule has 1 saturated heterocycles. The molecular weight excluding hydrogens is 446 g/mol. The lowest BCUT2D eigenvalue weighted by Gasteiger charge is -2.34. The highest BCUT2D eigenvalue weighted by Crippen LogP contribution is 2.47. The number of hydrogen-bond donors (Lipinski definition) is 1. The summed E-state index contributed by atoms with van der Waals surface area (Å²) in [5.41, 5.74) is 3.62. The molecular formula is C32H39NO3. The lowest BCUT2D eigenvalue weighted by Crippen LogP contribution is -2.25. The van der Waals surface area contributed by atoms with Crippen molar-refractivity contribution in [3.05, 3.63) is 89.5 Å². The predicted molar refractivity (Wildman–Crippen MR) is 145 cm³/mol. The Balaban J connectivity index is 1.15. The average Bonchev–Trinajstić information content (AvgIpc) is 3.44. The monoisotopic (exact) mass is 485 g/mol. The zero-order chi connectivity index (χ0) is 24.6. The molecule has 190 valence electrons. The Bertz CT molecular complexity index is 1080. The van der Waals surface area contributed by atoms with Crippen LogP contribution in [0.25, 0.3) is 0 Å². The Labute approximate surface area is 215 Å². The molecule has 0 bridgehead atoms. The van der Waals surface area contributed by atoms with Gasteiger partial charge in [0, 0.05) is 23.5 Å². The van der Waals surface area contributed by atoms with Gasteiger partial charge >= 0.3 is 0 Å². The molecule has 2 atom stereocenters. The van der Waals surface area contributed by atoms with Crippen molar-refractivity contribution in [2.75, 3.05) is 32.8 Å². The first-order valence-electron chi connectivity index (χ1n) is 13.7. The van der Waals surface area contributed by atoms with Crippen LogP contribution in [0, 0.1) is 0 Å². The van der Waals surface area contributed by atoms with Crippen LogP contribution in [0.4, 0.5) is 0 Å². The van der Waals surface area contributed by atoms with Crippen LogP contribution in [0.5, 0.6) is 17.2 Å². The summed E-state index contributed by atoms with van der Waals surface area (Å²) in [6.45, 7) is 5.26. The van der Waals surface area contributed by atoms with E-state index in [9.17, 15) is 5.11 Å². The Morgan fingerprint density at radius 3 is 2.36 bits per heavy atom. The highest BCUT2D eigenvalue weighted by Gasteiger charge is 2.33. The number of aromatic hydroxyl groups is 1. The number of ether oxygens (including phenoxy) is 2. The minimum atomic E-state index is 0.159. The molecule has 0 saturated carbocycles. The fraction of sp³-hybridized carbons (Fsp3) is 0.438. The predicted octanol–water partition coefficient (Wildman–Crippen LogP) is 7.13. The summed E-state index contributed by atoms with van der Waals surface area (Å²) in [6.07, 6.45) is 9.09.